The third-order valence-electron chi connectivity index (χ3n) is 4.64. The summed E-state index contributed by atoms with van der Waals surface area (Å²) >= 11 is 0. The molecule has 1 aliphatic rings. The number of hydrogen-bond acceptors (Lipinski definition) is 5. The van der Waals surface area contributed by atoms with E-state index in [9.17, 15) is 18.0 Å². The van der Waals surface area contributed by atoms with Gasteiger partial charge in [0.2, 0.25) is 10.0 Å². The van der Waals surface area contributed by atoms with E-state index in [1.54, 1.807) is 6.07 Å². The number of nitrogens with zero attached hydrogens (tertiary/aromatic N) is 3. The lowest BCUT2D eigenvalue weighted by molar-refractivity contribution is 0.388. The SMILES string of the molecule is C[C@H]1C[C@H]1c1ccc(CN(C)S(=O)(=O)c2cn(C)c(=O)n(C)c2=O)o1. The molecule has 2 aromatic heterocycles. The van der Waals surface area contributed by atoms with Gasteiger partial charge in [-0.2, -0.15) is 4.31 Å². The summed E-state index contributed by atoms with van der Waals surface area (Å²) in [6, 6.07) is 3.63. The highest BCUT2D eigenvalue weighted by Crippen LogP contribution is 2.47. The van der Waals surface area contributed by atoms with Gasteiger partial charge in [-0.1, -0.05) is 6.92 Å². The highest BCUT2D eigenvalue weighted by molar-refractivity contribution is 7.89. The van der Waals surface area contributed by atoms with Crippen molar-refractivity contribution in [2.24, 2.45) is 20.0 Å². The van der Waals surface area contributed by atoms with Crippen molar-refractivity contribution in [3.05, 3.63) is 50.7 Å². The van der Waals surface area contributed by atoms with Gasteiger partial charge in [-0.15, -0.1) is 0 Å². The highest BCUT2D eigenvalue weighted by atomic mass is 32.2. The second kappa shape index (κ2) is 5.99. The van der Waals surface area contributed by atoms with Crippen molar-refractivity contribution in [3.8, 4) is 0 Å². The maximum atomic E-state index is 12.7. The monoisotopic (exact) mass is 367 g/mol. The molecule has 1 fully saturated rings. The number of aromatic nitrogens is 2. The van der Waals surface area contributed by atoms with E-state index in [1.807, 2.05) is 6.07 Å². The third kappa shape index (κ3) is 3.09. The topological polar surface area (TPSA) is 94.5 Å². The van der Waals surface area contributed by atoms with E-state index in [0.717, 1.165) is 31.8 Å². The van der Waals surface area contributed by atoms with Gasteiger partial charge in [0.05, 0.1) is 6.54 Å². The fourth-order valence-electron chi connectivity index (χ4n) is 2.82. The molecule has 0 aromatic carbocycles. The van der Waals surface area contributed by atoms with Crippen molar-refractivity contribution in [2.45, 2.75) is 30.7 Å². The zero-order chi connectivity index (χ0) is 18.5. The molecule has 1 aliphatic carbocycles. The van der Waals surface area contributed by atoms with E-state index in [-0.39, 0.29) is 6.54 Å². The molecule has 136 valence electrons. The van der Waals surface area contributed by atoms with E-state index >= 15 is 0 Å². The van der Waals surface area contributed by atoms with Gasteiger partial charge in [0, 0.05) is 33.3 Å². The maximum absolute atomic E-state index is 12.7. The van der Waals surface area contributed by atoms with Crippen LogP contribution in [0.15, 0.2) is 37.2 Å². The van der Waals surface area contributed by atoms with Gasteiger partial charge in [0.1, 0.15) is 11.5 Å². The van der Waals surface area contributed by atoms with Crippen molar-refractivity contribution in [2.75, 3.05) is 7.05 Å². The molecule has 0 spiro atoms. The summed E-state index contributed by atoms with van der Waals surface area (Å²) < 4.78 is 34.1. The average molecular weight is 367 g/mol. The van der Waals surface area contributed by atoms with Crippen molar-refractivity contribution >= 4 is 10.0 Å². The van der Waals surface area contributed by atoms with Crippen LogP contribution in [0, 0.1) is 5.92 Å². The van der Waals surface area contributed by atoms with E-state index < -0.39 is 26.2 Å². The van der Waals surface area contributed by atoms with Crippen molar-refractivity contribution < 1.29 is 12.8 Å². The van der Waals surface area contributed by atoms with E-state index in [1.165, 1.54) is 21.1 Å². The van der Waals surface area contributed by atoms with Gasteiger partial charge in [0.15, 0.2) is 4.90 Å². The van der Waals surface area contributed by atoms with Crippen LogP contribution in [-0.4, -0.2) is 28.9 Å². The second-order valence-electron chi connectivity index (χ2n) is 6.64. The third-order valence-corrected chi connectivity index (χ3v) is 6.42. The fourth-order valence-corrected chi connectivity index (χ4v) is 4.10. The van der Waals surface area contributed by atoms with Crippen LogP contribution < -0.4 is 11.2 Å². The molecule has 9 heteroatoms. The van der Waals surface area contributed by atoms with E-state index in [2.05, 4.69) is 6.92 Å². The van der Waals surface area contributed by atoms with Crippen LogP contribution in [0.2, 0.25) is 0 Å². The number of furan rings is 1. The first kappa shape index (κ1) is 17.7. The Kier molecular flexibility index (Phi) is 4.24. The molecule has 0 saturated heterocycles. The summed E-state index contributed by atoms with van der Waals surface area (Å²) in [4.78, 5) is 23.5. The first-order chi connectivity index (χ1) is 11.6. The summed E-state index contributed by atoms with van der Waals surface area (Å²) in [7, 11) is -0.0301. The molecule has 2 atom stereocenters. The molecule has 0 unspecified atom stereocenters. The normalized spacial score (nSPS) is 20.2. The van der Waals surface area contributed by atoms with Gasteiger partial charge in [0.25, 0.3) is 5.56 Å². The molecule has 0 aliphatic heterocycles. The molecule has 1 saturated carbocycles. The van der Waals surface area contributed by atoms with Crippen molar-refractivity contribution in [1.29, 1.82) is 0 Å². The second-order valence-corrected chi connectivity index (χ2v) is 8.65. The molecule has 25 heavy (non-hydrogen) atoms. The molecule has 2 heterocycles. The largest absolute Gasteiger partial charge is 0.464 e. The minimum atomic E-state index is -4.06. The lowest BCUT2D eigenvalue weighted by atomic mass is 10.3. The van der Waals surface area contributed by atoms with Crippen LogP contribution in [0.25, 0.3) is 0 Å². The molecule has 0 bridgehead atoms. The molecule has 0 amide bonds. The van der Waals surface area contributed by atoms with Crippen LogP contribution in [-0.2, 0) is 30.7 Å². The van der Waals surface area contributed by atoms with Crippen LogP contribution in [0.3, 0.4) is 0 Å². The van der Waals surface area contributed by atoms with Gasteiger partial charge in [-0.3, -0.25) is 9.36 Å². The molecule has 8 nitrogen and oxygen atoms in total. The summed E-state index contributed by atoms with van der Waals surface area (Å²) in [5.74, 6) is 2.38. The summed E-state index contributed by atoms with van der Waals surface area (Å²) in [6.45, 7) is 2.15. The van der Waals surface area contributed by atoms with E-state index in [0.29, 0.717) is 17.6 Å². The Morgan fingerprint density at radius 3 is 2.52 bits per heavy atom. The number of aryl methyl sites for hydroxylation is 1. The lowest BCUT2D eigenvalue weighted by Crippen LogP contribution is -2.41. The number of hydrogen-bond donors (Lipinski definition) is 0. The Bertz CT molecular complexity index is 1030. The summed E-state index contributed by atoms with van der Waals surface area (Å²) in [5, 5.41) is 0. The first-order valence-corrected chi connectivity index (χ1v) is 9.38. The number of sulfonamides is 1. The smallest absolute Gasteiger partial charge is 0.330 e. The Balaban J connectivity index is 1.88. The quantitative estimate of drug-likeness (QED) is 0.772. The van der Waals surface area contributed by atoms with Crippen LogP contribution >= 0.6 is 0 Å². The highest BCUT2D eigenvalue weighted by Gasteiger charge is 2.37. The Labute approximate surface area is 145 Å². The van der Waals surface area contributed by atoms with Crippen molar-refractivity contribution in [1.82, 2.24) is 13.4 Å². The fraction of sp³-hybridized carbons (Fsp3) is 0.500. The van der Waals surface area contributed by atoms with Gasteiger partial charge in [-0.05, 0) is 24.5 Å². The minimum absolute atomic E-state index is 0.00935. The van der Waals surface area contributed by atoms with E-state index in [4.69, 9.17) is 4.42 Å². The molecular weight excluding hydrogens is 346 g/mol. The Morgan fingerprint density at radius 1 is 1.28 bits per heavy atom. The summed E-state index contributed by atoms with van der Waals surface area (Å²) in [5.41, 5.74) is -1.43. The standard InChI is InChI=1S/C16H21N3O5S/c1-10-7-12(10)13-6-5-11(24-13)8-18(3)25(22,23)14-9-17(2)16(21)19(4)15(14)20/h5-6,9-10,12H,7-8H2,1-4H3/t10-,12+/m0/s1. The zero-order valence-corrected chi connectivity index (χ0v) is 15.4. The number of rotatable bonds is 5. The maximum Gasteiger partial charge on any atom is 0.330 e. The lowest BCUT2D eigenvalue weighted by Gasteiger charge is -2.16. The zero-order valence-electron chi connectivity index (χ0n) is 14.6. The molecule has 3 rings (SSSR count). The average Bonchev–Trinajstić information content (AvgIpc) is 3.10. The molecular formula is C16H21N3O5S. The Morgan fingerprint density at radius 2 is 1.92 bits per heavy atom. The predicted molar refractivity (Wildman–Crippen MR) is 90.8 cm³/mol. The van der Waals surface area contributed by atoms with Crippen LogP contribution in [0.1, 0.15) is 30.8 Å². The van der Waals surface area contributed by atoms with Crippen LogP contribution in [0.5, 0.6) is 0 Å². The van der Waals surface area contributed by atoms with Crippen molar-refractivity contribution in [3.63, 3.8) is 0 Å². The summed E-state index contributed by atoms with van der Waals surface area (Å²) in [6.07, 6.45) is 2.13. The van der Waals surface area contributed by atoms with Crippen LogP contribution in [0.4, 0.5) is 0 Å². The molecule has 0 radical (unpaired) electrons. The van der Waals surface area contributed by atoms with Gasteiger partial charge < -0.3 is 8.98 Å². The predicted octanol–water partition coefficient (Wildman–Crippen LogP) is 0.621. The Hall–Kier alpha value is -2.13. The van der Waals surface area contributed by atoms with Gasteiger partial charge >= 0.3 is 5.69 Å². The minimum Gasteiger partial charge on any atom is -0.464 e. The molecule has 2 aromatic rings. The van der Waals surface area contributed by atoms with Gasteiger partial charge in [-0.25, -0.2) is 13.2 Å². The molecule has 0 N–H and O–H groups in total. The first-order valence-electron chi connectivity index (χ1n) is 7.94.